The summed E-state index contributed by atoms with van der Waals surface area (Å²) in [7, 11) is -3.41. The molecular formula is C12H18BrNO2S. The molecule has 0 aliphatic carbocycles. The first-order valence-corrected chi connectivity index (χ1v) is 7.80. The Morgan fingerprint density at radius 3 is 2.53 bits per heavy atom. The standard InChI is InChI=1S/C12H18BrNO2S/c1-4-12(2,3)9-14-17(15,16)11-7-5-6-10(13)8-11/h5-8,14H,4,9H2,1-3H3. The highest BCUT2D eigenvalue weighted by molar-refractivity contribution is 9.10. The van der Waals surface area contributed by atoms with E-state index in [1.54, 1.807) is 24.3 Å². The average molecular weight is 320 g/mol. The van der Waals surface area contributed by atoms with Crippen molar-refractivity contribution >= 4 is 26.0 Å². The first-order valence-electron chi connectivity index (χ1n) is 5.52. The maximum Gasteiger partial charge on any atom is 0.240 e. The minimum atomic E-state index is -3.41. The van der Waals surface area contributed by atoms with E-state index in [0.717, 1.165) is 10.9 Å². The molecule has 0 unspecified atom stereocenters. The second kappa shape index (κ2) is 5.50. The summed E-state index contributed by atoms with van der Waals surface area (Å²) in [4.78, 5) is 0.291. The third kappa shape index (κ3) is 4.41. The minimum absolute atomic E-state index is 0.0287. The molecule has 0 saturated carbocycles. The highest BCUT2D eigenvalue weighted by atomic mass is 79.9. The van der Waals surface area contributed by atoms with E-state index < -0.39 is 10.0 Å². The average Bonchev–Trinajstić information content (AvgIpc) is 2.27. The van der Waals surface area contributed by atoms with E-state index in [4.69, 9.17) is 0 Å². The van der Waals surface area contributed by atoms with Crippen LogP contribution in [0.3, 0.4) is 0 Å². The lowest BCUT2D eigenvalue weighted by Crippen LogP contribution is -2.33. The minimum Gasteiger partial charge on any atom is -0.211 e. The molecule has 17 heavy (non-hydrogen) atoms. The Morgan fingerprint density at radius 2 is 2.00 bits per heavy atom. The first-order chi connectivity index (χ1) is 7.77. The Bertz CT molecular complexity index is 483. The van der Waals surface area contributed by atoms with E-state index in [0.29, 0.717) is 11.4 Å². The number of halogens is 1. The van der Waals surface area contributed by atoms with Gasteiger partial charge < -0.3 is 0 Å². The fraction of sp³-hybridized carbons (Fsp3) is 0.500. The molecule has 1 aromatic rings. The van der Waals surface area contributed by atoms with Gasteiger partial charge >= 0.3 is 0 Å². The summed E-state index contributed by atoms with van der Waals surface area (Å²) in [5.41, 5.74) is -0.0287. The molecule has 3 nitrogen and oxygen atoms in total. The molecule has 0 atom stereocenters. The lowest BCUT2D eigenvalue weighted by atomic mass is 9.91. The van der Waals surface area contributed by atoms with Gasteiger partial charge in [-0.3, -0.25) is 0 Å². The predicted octanol–water partition coefficient (Wildman–Crippen LogP) is 3.16. The highest BCUT2D eigenvalue weighted by Gasteiger charge is 2.20. The topological polar surface area (TPSA) is 46.2 Å². The Balaban J connectivity index is 2.83. The van der Waals surface area contributed by atoms with Crippen molar-refractivity contribution in [3.8, 4) is 0 Å². The van der Waals surface area contributed by atoms with Crippen LogP contribution in [-0.2, 0) is 10.0 Å². The number of hydrogen-bond acceptors (Lipinski definition) is 2. The van der Waals surface area contributed by atoms with Crippen molar-refractivity contribution in [3.63, 3.8) is 0 Å². The van der Waals surface area contributed by atoms with Crippen molar-refractivity contribution < 1.29 is 8.42 Å². The smallest absolute Gasteiger partial charge is 0.211 e. The summed E-state index contributed by atoms with van der Waals surface area (Å²) in [5, 5.41) is 0. The number of sulfonamides is 1. The second-order valence-corrected chi connectivity index (χ2v) is 7.48. The summed E-state index contributed by atoms with van der Waals surface area (Å²) >= 11 is 3.27. The van der Waals surface area contributed by atoms with Crippen LogP contribution in [0.1, 0.15) is 27.2 Å². The molecule has 96 valence electrons. The van der Waals surface area contributed by atoms with Gasteiger partial charge in [0.05, 0.1) is 4.90 Å². The van der Waals surface area contributed by atoms with Gasteiger partial charge in [0.1, 0.15) is 0 Å². The van der Waals surface area contributed by atoms with Crippen LogP contribution >= 0.6 is 15.9 Å². The van der Waals surface area contributed by atoms with Crippen LogP contribution in [0.15, 0.2) is 33.6 Å². The molecule has 0 radical (unpaired) electrons. The maximum absolute atomic E-state index is 12.0. The van der Waals surface area contributed by atoms with Crippen molar-refractivity contribution in [3.05, 3.63) is 28.7 Å². The molecule has 0 heterocycles. The van der Waals surface area contributed by atoms with E-state index >= 15 is 0 Å². The van der Waals surface area contributed by atoms with Crippen molar-refractivity contribution in [2.24, 2.45) is 5.41 Å². The van der Waals surface area contributed by atoms with Gasteiger partial charge in [-0.1, -0.05) is 42.8 Å². The molecular weight excluding hydrogens is 302 g/mol. The van der Waals surface area contributed by atoms with Gasteiger partial charge in [0, 0.05) is 11.0 Å². The normalized spacial score (nSPS) is 12.7. The summed E-state index contributed by atoms with van der Waals surface area (Å²) < 4.78 is 27.4. The molecule has 0 amide bonds. The zero-order chi connectivity index (χ0) is 13.1. The van der Waals surface area contributed by atoms with E-state index in [9.17, 15) is 8.42 Å². The van der Waals surface area contributed by atoms with Gasteiger partial charge in [-0.25, -0.2) is 13.1 Å². The number of hydrogen-bond donors (Lipinski definition) is 1. The van der Waals surface area contributed by atoms with Crippen LogP contribution in [0.2, 0.25) is 0 Å². The molecule has 5 heteroatoms. The fourth-order valence-corrected chi connectivity index (χ4v) is 2.97. The fourth-order valence-electron chi connectivity index (χ4n) is 1.13. The molecule has 1 rings (SSSR count). The molecule has 1 N–H and O–H groups in total. The van der Waals surface area contributed by atoms with Gasteiger partial charge in [0.25, 0.3) is 0 Å². The Kier molecular flexibility index (Phi) is 4.75. The van der Waals surface area contributed by atoms with Crippen LogP contribution in [0.25, 0.3) is 0 Å². The van der Waals surface area contributed by atoms with Crippen molar-refractivity contribution in [1.29, 1.82) is 0 Å². The number of nitrogens with one attached hydrogen (secondary N) is 1. The van der Waals surface area contributed by atoms with Gasteiger partial charge in [0.15, 0.2) is 0 Å². The number of benzene rings is 1. The molecule has 0 aliphatic heterocycles. The molecule has 0 fully saturated rings. The Morgan fingerprint density at radius 1 is 1.35 bits per heavy atom. The van der Waals surface area contributed by atoms with Crippen LogP contribution in [-0.4, -0.2) is 15.0 Å². The lowest BCUT2D eigenvalue weighted by Gasteiger charge is -2.22. The van der Waals surface area contributed by atoms with E-state index in [-0.39, 0.29) is 5.41 Å². The molecule has 1 aromatic carbocycles. The maximum atomic E-state index is 12.0. The third-order valence-corrected chi connectivity index (χ3v) is 4.70. The molecule has 0 bridgehead atoms. The van der Waals surface area contributed by atoms with E-state index in [1.165, 1.54) is 0 Å². The largest absolute Gasteiger partial charge is 0.240 e. The summed E-state index contributed by atoms with van der Waals surface area (Å²) in [6.45, 7) is 6.57. The lowest BCUT2D eigenvalue weighted by molar-refractivity contribution is 0.350. The molecule has 0 spiro atoms. The summed E-state index contributed by atoms with van der Waals surface area (Å²) in [6, 6.07) is 6.70. The predicted molar refractivity (Wildman–Crippen MR) is 73.4 cm³/mol. The van der Waals surface area contributed by atoms with Gasteiger partial charge in [0.2, 0.25) is 10.0 Å². The first kappa shape index (κ1) is 14.7. The van der Waals surface area contributed by atoms with E-state index in [1.807, 2.05) is 20.8 Å². The quantitative estimate of drug-likeness (QED) is 0.906. The molecule has 0 saturated heterocycles. The van der Waals surface area contributed by atoms with Gasteiger partial charge in [-0.05, 0) is 30.0 Å². The zero-order valence-electron chi connectivity index (χ0n) is 10.3. The Labute approximate surface area is 112 Å². The zero-order valence-corrected chi connectivity index (χ0v) is 12.7. The monoisotopic (exact) mass is 319 g/mol. The highest BCUT2D eigenvalue weighted by Crippen LogP contribution is 2.20. The van der Waals surface area contributed by atoms with Crippen molar-refractivity contribution in [2.45, 2.75) is 32.1 Å². The molecule has 0 aliphatic rings. The number of rotatable bonds is 5. The molecule has 0 aromatic heterocycles. The Hall–Kier alpha value is -0.390. The van der Waals surface area contributed by atoms with Gasteiger partial charge in [-0.2, -0.15) is 0 Å². The SMILES string of the molecule is CCC(C)(C)CNS(=O)(=O)c1cccc(Br)c1. The second-order valence-electron chi connectivity index (χ2n) is 4.80. The summed E-state index contributed by atoms with van der Waals surface area (Å²) in [6.07, 6.45) is 0.925. The van der Waals surface area contributed by atoms with Crippen LogP contribution in [0, 0.1) is 5.41 Å². The third-order valence-electron chi connectivity index (χ3n) is 2.80. The van der Waals surface area contributed by atoms with Crippen molar-refractivity contribution in [2.75, 3.05) is 6.54 Å². The van der Waals surface area contributed by atoms with Gasteiger partial charge in [-0.15, -0.1) is 0 Å². The van der Waals surface area contributed by atoms with Crippen molar-refractivity contribution in [1.82, 2.24) is 4.72 Å². The van der Waals surface area contributed by atoms with E-state index in [2.05, 4.69) is 20.7 Å². The van der Waals surface area contributed by atoms with Crippen LogP contribution in [0.4, 0.5) is 0 Å². The van der Waals surface area contributed by atoms with Crippen LogP contribution in [0.5, 0.6) is 0 Å². The summed E-state index contributed by atoms with van der Waals surface area (Å²) in [5.74, 6) is 0. The van der Waals surface area contributed by atoms with Crippen LogP contribution < -0.4 is 4.72 Å².